The second-order valence-electron chi connectivity index (χ2n) is 5.61. The maximum Gasteiger partial charge on any atom is 0.270 e. The van der Waals surface area contributed by atoms with E-state index in [1.54, 1.807) is 34.5 Å². The number of aryl methyl sites for hydroxylation is 1. The molecule has 0 N–H and O–H groups in total. The minimum absolute atomic E-state index is 0.00611. The molecule has 9 heteroatoms. The number of rotatable bonds is 5. The van der Waals surface area contributed by atoms with Crippen molar-refractivity contribution in [2.75, 3.05) is 0 Å². The van der Waals surface area contributed by atoms with E-state index in [4.69, 9.17) is 4.42 Å². The van der Waals surface area contributed by atoms with Gasteiger partial charge < -0.3 is 4.42 Å². The molecule has 0 amide bonds. The summed E-state index contributed by atoms with van der Waals surface area (Å²) >= 11 is 1.58. The normalized spacial score (nSPS) is 11.0. The van der Waals surface area contributed by atoms with Crippen LogP contribution in [0.4, 0.5) is 5.69 Å². The van der Waals surface area contributed by atoms with E-state index in [9.17, 15) is 10.1 Å². The van der Waals surface area contributed by atoms with Gasteiger partial charge in [-0.3, -0.25) is 10.1 Å². The molecule has 0 saturated carbocycles. The predicted octanol–water partition coefficient (Wildman–Crippen LogP) is 3.93. The lowest BCUT2D eigenvalue weighted by Crippen LogP contribution is -2.02. The molecule has 26 heavy (non-hydrogen) atoms. The Labute approximate surface area is 151 Å². The standard InChI is InChI=1S/C17H13N5O3S/c1-11-15(19-17(25-11)13-5-6-26-9-13)8-21-10-18-16(20-21)12-3-2-4-14(7-12)22(23)24/h2-7,9-10H,8H2,1H3. The van der Waals surface area contributed by atoms with E-state index in [1.165, 1.54) is 12.1 Å². The lowest BCUT2D eigenvalue weighted by molar-refractivity contribution is -0.384. The average molecular weight is 367 g/mol. The van der Waals surface area contributed by atoms with Gasteiger partial charge in [0.1, 0.15) is 17.8 Å². The summed E-state index contributed by atoms with van der Waals surface area (Å²) in [4.78, 5) is 19.2. The van der Waals surface area contributed by atoms with Gasteiger partial charge in [0.15, 0.2) is 5.82 Å². The van der Waals surface area contributed by atoms with Crippen molar-refractivity contribution in [3.63, 3.8) is 0 Å². The number of benzene rings is 1. The second-order valence-corrected chi connectivity index (χ2v) is 6.39. The number of thiophene rings is 1. The molecule has 130 valence electrons. The van der Waals surface area contributed by atoms with Crippen molar-refractivity contribution in [2.45, 2.75) is 13.5 Å². The predicted molar refractivity (Wildman–Crippen MR) is 95.8 cm³/mol. The summed E-state index contributed by atoms with van der Waals surface area (Å²) in [7, 11) is 0. The van der Waals surface area contributed by atoms with Gasteiger partial charge in [-0.05, 0) is 18.4 Å². The van der Waals surface area contributed by atoms with Gasteiger partial charge in [-0.2, -0.15) is 16.4 Å². The Hall–Kier alpha value is -3.33. The van der Waals surface area contributed by atoms with Crippen molar-refractivity contribution in [3.05, 3.63) is 69.0 Å². The highest BCUT2D eigenvalue weighted by Crippen LogP contribution is 2.25. The van der Waals surface area contributed by atoms with Crippen LogP contribution >= 0.6 is 11.3 Å². The molecule has 0 radical (unpaired) electrons. The van der Waals surface area contributed by atoms with Crippen LogP contribution in [0.25, 0.3) is 22.8 Å². The number of aromatic nitrogens is 4. The highest BCUT2D eigenvalue weighted by atomic mass is 32.1. The Bertz CT molecular complexity index is 1070. The highest BCUT2D eigenvalue weighted by molar-refractivity contribution is 7.08. The van der Waals surface area contributed by atoms with E-state index in [0.717, 1.165) is 17.0 Å². The minimum atomic E-state index is -0.439. The third-order valence-electron chi connectivity index (χ3n) is 3.82. The Balaban J connectivity index is 1.58. The third kappa shape index (κ3) is 3.11. The van der Waals surface area contributed by atoms with Gasteiger partial charge in [-0.1, -0.05) is 12.1 Å². The van der Waals surface area contributed by atoms with Crippen molar-refractivity contribution >= 4 is 17.0 Å². The number of nitro benzene ring substituents is 1. The van der Waals surface area contributed by atoms with Gasteiger partial charge in [-0.25, -0.2) is 14.6 Å². The van der Waals surface area contributed by atoms with Crippen LogP contribution in [0.2, 0.25) is 0 Å². The number of nitrogens with zero attached hydrogens (tertiary/aromatic N) is 5. The molecule has 0 aliphatic carbocycles. The fourth-order valence-corrected chi connectivity index (χ4v) is 3.13. The van der Waals surface area contributed by atoms with Crippen LogP contribution in [-0.4, -0.2) is 24.7 Å². The Morgan fingerprint density at radius 1 is 1.31 bits per heavy atom. The van der Waals surface area contributed by atoms with E-state index in [0.29, 0.717) is 23.8 Å². The zero-order valence-electron chi connectivity index (χ0n) is 13.7. The maximum absolute atomic E-state index is 10.9. The fraction of sp³-hybridized carbons (Fsp3) is 0.118. The van der Waals surface area contributed by atoms with Crippen LogP contribution in [0, 0.1) is 17.0 Å². The smallest absolute Gasteiger partial charge is 0.270 e. The molecular formula is C17H13N5O3S. The maximum atomic E-state index is 10.9. The summed E-state index contributed by atoms with van der Waals surface area (Å²) in [5, 5.41) is 19.2. The van der Waals surface area contributed by atoms with E-state index in [-0.39, 0.29) is 5.69 Å². The van der Waals surface area contributed by atoms with Crippen LogP contribution < -0.4 is 0 Å². The molecule has 0 spiro atoms. The summed E-state index contributed by atoms with van der Waals surface area (Å²) in [6, 6.07) is 8.20. The van der Waals surface area contributed by atoms with E-state index in [1.807, 2.05) is 23.8 Å². The first-order chi connectivity index (χ1) is 12.6. The molecule has 3 heterocycles. The van der Waals surface area contributed by atoms with Crippen molar-refractivity contribution in [1.29, 1.82) is 0 Å². The molecule has 8 nitrogen and oxygen atoms in total. The quantitative estimate of drug-likeness (QED) is 0.391. The lowest BCUT2D eigenvalue weighted by Gasteiger charge is -1.98. The van der Waals surface area contributed by atoms with Crippen molar-refractivity contribution in [3.8, 4) is 22.8 Å². The zero-order chi connectivity index (χ0) is 18.1. The van der Waals surface area contributed by atoms with Crippen molar-refractivity contribution in [2.24, 2.45) is 0 Å². The molecule has 3 aromatic heterocycles. The summed E-state index contributed by atoms with van der Waals surface area (Å²) in [6.07, 6.45) is 1.58. The molecular weight excluding hydrogens is 354 g/mol. The van der Waals surface area contributed by atoms with Crippen LogP contribution in [0.1, 0.15) is 11.5 Å². The molecule has 0 aliphatic rings. The molecule has 4 rings (SSSR count). The fourth-order valence-electron chi connectivity index (χ4n) is 2.50. The minimum Gasteiger partial charge on any atom is -0.441 e. The van der Waals surface area contributed by atoms with Gasteiger partial charge in [0.25, 0.3) is 5.69 Å². The number of non-ortho nitro benzene ring substituents is 1. The molecule has 4 aromatic rings. The second kappa shape index (κ2) is 6.52. The van der Waals surface area contributed by atoms with Crippen molar-refractivity contribution < 1.29 is 9.34 Å². The molecule has 0 unspecified atom stereocenters. The summed E-state index contributed by atoms with van der Waals surface area (Å²) in [5.74, 6) is 1.73. The van der Waals surface area contributed by atoms with E-state index >= 15 is 0 Å². The largest absolute Gasteiger partial charge is 0.441 e. The number of hydrogen-bond acceptors (Lipinski definition) is 7. The average Bonchev–Trinajstić information content (AvgIpc) is 3.37. The van der Waals surface area contributed by atoms with Gasteiger partial charge in [0.05, 0.1) is 11.5 Å². The molecule has 0 atom stereocenters. The first kappa shape index (κ1) is 16.2. The zero-order valence-corrected chi connectivity index (χ0v) is 14.5. The van der Waals surface area contributed by atoms with Crippen LogP contribution in [0.15, 0.2) is 51.8 Å². The highest BCUT2D eigenvalue weighted by Gasteiger charge is 2.14. The van der Waals surface area contributed by atoms with Gasteiger partial charge in [0, 0.05) is 28.6 Å². The van der Waals surface area contributed by atoms with Crippen LogP contribution in [0.3, 0.4) is 0 Å². The summed E-state index contributed by atoms with van der Waals surface area (Å²) in [6.45, 7) is 2.26. The first-order valence-corrected chi connectivity index (χ1v) is 8.67. The van der Waals surface area contributed by atoms with Gasteiger partial charge in [0.2, 0.25) is 5.89 Å². The van der Waals surface area contributed by atoms with Gasteiger partial charge in [-0.15, -0.1) is 0 Å². The lowest BCUT2D eigenvalue weighted by atomic mass is 10.2. The van der Waals surface area contributed by atoms with Crippen LogP contribution in [-0.2, 0) is 6.54 Å². The van der Waals surface area contributed by atoms with E-state index < -0.39 is 4.92 Å². The molecule has 1 aromatic carbocycles. The van der Waals surface area contributed by atoms with E-state index in [2.05, 4.69) is 15.1 Å². The van der Waals surface area contributed by atoms with Crippen molar-refractivity contribution in [1.82, 2.24) is 19.7 Å². The first-order valence-electron chi connectivity index (χ1n) is 7.73. The third-order valence-corrected chi connectivity index (χ3v) is 4.51. The molecule has 0 saturated heterocycles. The Morgan fingerprint density at radius 2 is 2.19 bits per heavy atom. The number of nitro groups is 1. The summed E-state index contributed by atoms with van der Waals surface area (Å²) < 4.78 is 7.36. The molecule has 0 fully saturated rings. The SMILES string of the molecule is Cc1oc(-c2ccsc2)nc1Cn1cnc(-c2cccc([N+](=O)[O-])c2)n1. The number of hydrogen-bond donors (Lipinski definition) is 0. The Morgan fingerprint density at radius 3 is 2.96 bits per heavy atom. The monoisotopic (exact) mass is 367 g/mol. The number of oxazole rings is 1. The topological polar surface area (TPSA) is 99.9 Å². The summed E-state index contributed by atoms with van der Waals surface area (Å²) in [5.41, 5.74) is 2.31. The molecule has 0 bridgehead atoms. The van der Waals surface area contributed by atoms with Crippen LogP contribution in [0.5, 0.6) is 0 Å². The molecule has 0 aliphatic heterocycles. The Kier molecular flexibility index (Phi) is 4.05. The van der Waals surface area contributed by atoms with Gasteiger partial charge >= 0.3 is 0 Å².